The molecule has 2 N–H and O–H groups in total. The number of aromatic hydroxyl groups is 1. The predicted octanol–water partition coefficient (Wildman–Crippen LogP) is 6.55. The minimum absolute atomic E-state index is 0.0598. The van der Waals surface area contributed by atoms with Gasteiger partial charge in [0.15, 0.2) is 0 Å². The van der Waals surface area contributed by atoms with Crippen molar-refractivity contribution in [2.45, 2.75) is 13.3 Å². The summed E-state index contributed by atoms with van der Waals surface area (Å²) in [6.45, 7) is 2.14. The number of halogens is 2. The first kappa shape index (κ1) is 22.4. The second-order valence-corrected chi connectivity index (χ2v) is 8.87. The largest absolute Gasteiger partial charge is 0.506 e. The fourth-order valence-electron chi connectivity index (χ4n) is 2.83. The monoisotopic (exact) mass is 477 g/mol. The third kappa shape index (κ3) is 5.26. The van der Waals surface area contributed by atoms with Crippen molar-refractivity contribution < 1.29 is 15.0 Å². The van der Waals surface area contributed by atoms with Gasteiger partial charge in [0.05, 0.1) is 22.0 Å². The number of thiocarbonyl (C=S) groups is 1. The summed E-state index contributed by atoms with van der Waals surface area (Å²) in [7, 11) is 0. The fourth-order valence-corrected chi connectivity index (χ4v) is 4.48. The molecule has 0 aliphatic carbocycles. The van der Waals surface area contributed by atoms with Crippen LogP contribution in [-0.4, -0.2) is 33.3 Å². The van der Waals surface area contributed by atoms with E-state index in [0.29, 0.717) is 34.1 Å². The standard InChI is InChI=1S/C22H17Cl2NO3S2/c1-12(18-11-30-21(20(18)26)14-3-5-15(23)6-4-14)25-10-16(29)8-13-2-7-17(22(27)28)19(24)9-13/h2-7,9,11,26H,8,10H2,1H3,(H,27,28). The highest BCUT2D eigenvalue weighted by atomic mass is 35.5. The summed E-state index contributed by atoms with van der Waals surface area (Å²) in [5.74, 6) is -0.881. The fraction of sp³-hybridized carbons (Fsp3) is 0.136. The number of hydrogen-bond acceptors (Lipinski definition) is 5. The van der Waals surface area contributed by atoms with Gasteiger partial charge < -0.3 is 10.2 Å². The summed E-state index contributed by atoms with van der Waals surface area (Å²) < 4.78 is 0. The Bertz CT molecular complexity index is 1140. The Hall–Kier alpha value is -2.25. The smallest absolute Gasteiger partial charge is 0.337 e. The normalized spacial score (nSPS) is 11.5. The second kappa shape index (κ2) is 9.71. The van der Waals surface area contributed by atoms with Crippen LogP contribution in [0.5, 0.6) is 5.75 Å². The van der Waals surface area contributed by atoms with Crippen molar-refractivity contribution in [2.24, 2.45) is 4.99 Å². The highest BCUT2D eigenvalue weighted by Gasteiger charge is 2.15. The van der Waals surface area contributed by atoms with Gasteiger partial charge in [0.25, 0.3) is 0 Å². The van der Waals surface area contributed by atoms with Crippen molar-refractivity contribution in [3.8, 4) is 16.2 Å². The van der Waals surface area contributed by atoms with Gasteiger partial charge in [-0.15, -0.1) is 11.3 Å². The van der Waals surface area contributed by atoms with Gasteiger partial charge in [0, 0.05) is 33.0 Å². The molecule has 1 heterocycles. The molecule has 3 rings (SSSR count). The molecular weight excluding hydrogens is 461 g/mol. The number of carbonyl (C=O) groups is 1. The SMILES string of the molecule is CC(=NCC(=S)Cc1ccc(C(=O)O)c(Cl)c1)c1csc(-c2ccc(Cl)cc2)c1O. The van der Waals surface area contributed by atoms with Crippen LogP contribution in [0.2, 0.25) is 10.0 Å². The van der Waals surface area contributed by atoms with Gasteiger partial charge in [-0.3, -0.25) is 4.99 Å². The molecule has 4 nitrogen and oxygen atoms in total. The van der Waals surface area contributed by atoms with Crippen LogP contribution in [0.15, 0.2) is 52.8 Å². The van der Waals surface area contributed by atoms with Crippen LogP contribution in [0, 0.1) is 0 Å². The average Bonchev–Trinajstić information content (AvgIpc) is 3.08. The Morgan fingerprint density at radius 1 is 1.13 bits per heavy atom. The van der Waals surface area contributed by atoms with Gasteiger partial charge in [0.2, 0.25) is 0 Å². The summed E-state index contributed by atoms with van der Waals surface area (Å²) in [6, 6.07) is 12.1. The number of aliphatic imine (C=N–C) groups is 1. The van der Waals surface area contributed by atoms with Crippen LogP contribution in [0.25, 0.3) is 10.4 Å². The Kier molecular flexibility index (Phi) is 7.26. The van der Waals surface area contributed by atoms with Crippen LogP contribution in [0.4, 0.5) is 0 Å². The van der Waals surface area contributed by atoms with Gasteiger partial charge in [-0.25, -0.2) is 4.79 Å². The minimum atomic E-state index is -1.07. The molecule has 0 atom stereocenters. The lowest BCUT2D eigenvalue weighted by Gasteiger charge is -2.06. The van der Waals surface area contributed by atoms with E-state index in [1.165, 1.54) is 17.4 Å². The number of carboxylic acids is 1. The van der Waals surface area contributed by atoms with E-state index in [0.717, 1.165) is 16.0 Å². The molecule has 0 unspecified atom stereocenters. The first-order valence-electron chi connectivity index (χ1n) is 8.87. The minimum Gasteiger partial charge on any atom is -0.506 e. The van der Waals surface area contributed by atoms with Gasteiger partial charge in [0.1, 0.15) is 5.75 Å². The number of thiophene rings is 1. The number of rotatable bonds is 7. The third-order valence-corrected chi connectivity index (χ3v) is 6.28. The molecule has 0 fully saturated rings. The Balaban J connectivity index is 1.69. The maximum atomic E-state index is 11.0. The molecule has 3 aromatic rings. The average molecular weight is 478 g/mol. The first-order chi connectivity index (χ1) is 14.3. The molecule has 0 saturated carbocycles. The van der Waals surface area contributed by atoms with Gasteiger partial charge in [-0.1, -0.05) is 53.6 Å². The maximum Gasteiger partial charge on any atom is 0.337 e. The molecule has 30 heavy (non-hydrogen) atoms. The Labute approximate surface area is 193 Å². The second-order valence-electron chi connectivity index (χ2n) is 6.57. The van der Waals surface area contributed by atoms with E-state index in [9.17, 15) is 9.90 Å². The molecule has 1 aromatic heterocycles. The van der Waals surface area contributed by atoms with E-state index in [2.05, 4.69) is 4.99 Å². The quantitative estimate of drug-likeness (QED) is 0.299. The predicted molar refractivity (Wildman–Crippen MR) is 128 cm³/mol. The highest BCUT2D eigenvalue weighted by Crippen LogP contribution is 2.39. The molecule has 0 bridgehead atoms. The van der Waals surface area contributed by atoms with Crippen molar-refractivity contribution in [3.05, 3.63) is 74.6 Å². The van der Waals surface area contributed by atoms with Crippen molar-refractivity contribution in [1.82, 2.24) is 0 Å². The van der Waals surface area contributed by atoms with Crippen LogP contribution in [-0.2, 0) is 6.42 Å². The lowest BCUT2D eigenvalue weighted by molar-refractivity contribution is 0.0697. The summed E-state index contributed by atoms with van der Waals surface area (Å²) >= 11 is 18.8. The van der Waals surface area contributed by atoms with Crippen LogP contribution in [0.3, 0.4) is 0 Å². The van der Waals surface area contributed by atoms with E-state index in [1.54, 1.807) is 24.3 Å². The number of aromatic carboxylic acids is 1. The molecular formula is C22H17Cl2NO3S2. The van der Waals surface area contributed by atoms with Crippen LogP contribution < -0.4 is 0 Å². The lowest BCUT2D eigenvalue weighted by atomic mass is 10.1. The molecule has 0 aliphatic rings. The maximum absolute atomic E-state index is 11.0. The molecule has 0 radical (unpaired) electrons. The number of carboxylic acid groups (broad SMARTS) is 1. The van der Waals surface area contributed by atoms with E-state index < -0.39 is 5.97 Å². The first-order valence-corrected chi connectivity index (χ1v) is 10.9. The third-order valence-electron chi connectivity index (χ3n) is 4.42. The molecule has 154 valence electrons. The summed E-state index contributed by atoms with van der Waals surface area (Å²) in [5, 5.41) is 22.4. The van der Waals surface area contributed by atoms with Crippen molar-refractivity contribution in [1.29, 1.82) is 0 Å². The van der Waals surface area contributed by atoms with Gasteiger partial charge in [-0.05, 0) is 42.3 Å². The lowest BCUT2D eigenvalue weighted by Crippen LogP contribution is -2.07. The molecule has 0 saturated heterocycles. The zero-order valence-electron chi connectivity index (χ0n) is 15.9. The zero-order chi connectivity index (χ0) is 21.8. The van der Waals surface area contributed by atoms with Crippen LogP contribution >= 0.6 is 46.8 Å². The number of hydrogen-bond donors (Lipinski definition) is 2. The topological polar surface area (TPSA) is 69.9 Å². The summed E-state index contributed by atoms with van der Waals surface area (Å²) in [5.41, 5.74) is 3.13. The van der Waals surface area contributed by atoms with Crippen molar-refractivity contribution in [3.63, 3.8) is 0 Å². The van der Waals surface area contributed by atoms with Gasteiger partial charge in [-0.2, -0.15) is 0 Å². The zero-order valence-corrected chi connectivity index (χ0v) is 19.0. The highest BCUT2D eigenvalue weighted by molar-refractivity contribution is 7.80. The van der Waals surface area contributed by atoms with E-state index in [-0.39, 0.29) is 16.3 Å². The van der Waals surface area contributed by atoms with E-state index in [4.69, 9.17) is 40.5 Å². The van der Waals surface area contributed by atoms with E-state index in [1.807, 2.05) is 24.4 Å². The van der Waals surface area contributed by atoms with Crippen LogP contribution in [0.1, 0.15) is 28.4 Å². The van der Waals surface area contributed by atoms with Gasteiger partial charge >= 0.3 is 5.97 Å². The van der Waals surface area contributed by atoms with Crippen molar-refractivity contribution in [2.75, 3.05) is 6.54 Å². The molecule has 0 aliphatic heterocycles. The van der Waals surface area contributed by atoms with Crippen molar-refractivity contribution >= 4 is 63.3 Å². The van der Waals surface area contributed by atoms with E-state index >= 15 is 0 Å². The Morgan fingerprint density at radius 3 is 2.47 bits per heavy atom. The number of nitrogens with zero attached hydrogens (tertiary/aromatic N) is 1. The summed E-state index contributed by atoms with van der Waals surface area (Å²) in [6.07, 6.45) is 0.456. The molecule has 0 amide bonds. The Morgan fingerprint density at radius 2 is 1.83 bits per heavy atom. The number of benzene rings is 2. The molecule has 2 aromatic carbocycles. The molecule has 0 spiro atoms. The molecule has 8 heteroatoms. The summed E-state index contributed by atoms with van der Waals surface area (Å²) in [4.78, 5) is 17.0.